The van der Waals surface area contributed by atoms with Crippen LogP contribution >= 0.6 is 35.3 Å². The Labute approximate surface area is 185 Å². The topological polar surface area (TPSA) is 52.8 Å². The Balaban J connectivity index is 1.93. The molecule has 0 atom stereocenters. The van der Waals surface area contributed by atoms with E-state index in [2.05, 4.69) is 29.8 Å². The first-order valence-electron chi connectivity index (χ1n) is 9.32. The van der Waals surface area contributed by atoms with Crippen molar-refractivity contribution < 1.29 is 0 Å². The minimum atomic E-state index is 0.545. The minimum Gasteiger partial charge on any atom is -0.313 e. The number of thioether (sulfide) groups is 1. The number of aryl methyl sites for hydroxylation is 1. The Morgan fingerprint density at radius 2 is 2.10 bits per heavy atom. The summed E-state index contributed by atoms with van der Waals surface area (Å²) in [7, 11) is 0. The summed E-state index contributed by atoms with van der Waals surface area (Å²) in [4.78, 5) is 11.3. The van der Waals surface area contributed by atoms with Crippen molar-refractivity contribution in [3.8, 4) is 6.07 Å². The van der Waals surface area contributed by atoms with Crippen molar-refractivity contribution in [1.82, 2.24) is 9.97 Å². The smallest absolute Gasteiger partial charge is 0.148 e. The molecule has 0 N–H and O–H groups in total. The maximum atomic E-state index is 9.24. The molecule has 0 saturated carbocycles. The zero-order chi connectivity index (χ0) is 20.8. The van der Waals surface area contributed by atoms with Crippen LogP contribution in [0.4, 0.5) is 5.00 Å². The Morgan fingerprint density at radius 3 is 2.79 bits per heavy atom. The van der Waals surface area contributed by atoms with Crippen molar-refractivity contribution in [2.75, 3.05) is 4.90 Å². The molecule has 2 heterocycles. The quantitative estimate of drug-likeness (QED) is 0.347. The van der Waals surface area contributed by atoms with Gasteiger partial charge in [-0.3, -0.25) is 0 Å². The standard InChI is InChI=1S/C22H22N4S3/c1-15(2)11-20-25-16(3)21(28-20)26(14-18-8-6-7-17(12-18)13-23)22(27)29-19-9-4-5-10-24-19/h4-10,12,15H,11,14H2,1-3H3. The van der Waals surface area contributed by atoms with Crippen molar-refractivity contribution in [3.63, 3.8) is 0 Å². The Morgan fingerprint density at radius 1 is 1.28 bits per heavy atom. The molecule has 0 fully saturated rings. The summed E-state index contributed by atoms with van der Waals surface area (Å²) in [5.41, 5.74) is 2.66. The molecule has 4 nitrogen and oxygen atoms in total. The van der Waals surface area contributed by atoms with E-state index in [4.69, 9.17) is 17.2 Å². The Bertz CT molecular complexity index is 1020. The van der Waals surface area contributed by atoms with Crippen LogP contribution in [0.25, 0.3) is 0 Å². The minimum absolute atomic E-state index is 0.545. The molecule has 0 aliphatic rings. The molecule has 29 heavy (non-hydrogen) atoms. The van der Waals surface area contributed by atoms with Gasteiger partial charge in [0.2, 0.25) is 0 Å². The summed E-state index contributed by atoms with van der Waals surface area (Å²) in [5, 5.41) is 12.3. The van der Waals surface area contributed by atoms with Crippen molar-refractivity contribution in [2.24, 2.45) is 5.92 Å². The van der Waals surface area contributed by atoms with E-state index in [-0.39, 0.29) is 0 Å². The van der Waals surface area contributed by atoms with Crippen LogP contribution in [0.2, 0.25) is 0 Å². The Hall–Kier alpha value is -2.27. The fourth-order valence-corrected chi connectivity index (χ4v) is 5.34. The molecule has 1 aromatic carbocycles. The van der Waals surface area contributed by atoms with Crippen LogP contribution in [0.3, 0.4) is 0 Å². The third-order valence-corrected chi connectivity index (χ3v) is 6.61. The molecule has 3 aromatic rings. The predicted octanol–water partition coefficient (Wildman–Crippen LogP) is 6.00. The molecule has 0 spiro atoms. The molecule has 148 valence electrons. The summed E-state index contributed by atoms with van der Waals surface area (Å²) in [6.07, 6.45) is 2.72. The van der Waals surface area contributed by atoms with Crippen LogP contribution in [0.1, 0.15) is 35.7 Å². The van der Waals surface area contributed by atoms with Crippen LogP contribution in [0.15, 0.2) is 53.7 Å². The number of nitrogens with zero attached hydrogens (tertiary/aromatic N) is 4. The van der Waals surface area contributed by atoms with Crippen LogP contribution in [0, 0.1) is 24.2 Å². The lowest BCUT2D eigenvalue weighted by Gasteiger charge is -2.23. The molecule has 2 aromatic heterocycles. The van der Waals surface area contributed by atoms with Crippen LogP contribution in [0.5, 0.6) is 0 Å². The van der Waals surface area contributed by atoms with Crippen molar-refractivity contribution in [1.29, 1.82) is 5.26 Å². The van der Waals surface area contributed by atoms with Crippen LogP contribution in [-0.4, -0.2) is 14.3 Å². The first-order chi connectivity index (χ1) is 14.0. The monoisotopic (exact) mass is 438 g/mol. The van der Waals surface area contributed by atoms with Gasteiger partial charge in [0.05, 0.1) is 28.9 Å². The van der Waals surface area contributed by atoms with Gasteiger partial charge in [-0.15, -0.1) is 11.3 Å². The number of nitriles is 1. The molecular formula is C22H22N4S3. The number of aromatic nitrogens is 2. The second-order valence-electron chi connectivity index (χ2n) is 7.03. The van der Waals surface area contributed by atoms with Gasteiger partial charge in [-0.05, 0) is 54.4 Å². The van der Waals surface area contributed by atoms with E-state index < -0.39 is 0 Å². The van der Waals surface area contributed by atoms with E-state index in [9.17, 15) is 5.26 Å². The highest BCUT2D eigenvalue weighted by atomic mass is 32.2. The number of rotatable bonds is 6. The molecule has 3 rings (SSSR count). The van der Waals surface area contributed by atoms with Gasteiger partial charge in [-0.25, -0.2) is 9.97 Å². The highest BCUT2D eigenvalue weighted by molar-refractivity contribution is 8.23. The number of anilines is 1. The zero-order valence-corrected chi connectivity index (χ0v) is 19.1. The molecule has 0 aliphatic heterocycles. The lowest BCUT2D eigenvalue weighted by Crippen LogP contribution is -2.26. The molecule has 0 radical (unpaired) electrons. The fourth-order valence-electron chi connectivity index (χ4n) is 2.82. The second-order valence-corrected chi connectivity index (χ2v) is 9.75. The third-order valence-electron chi connectivity index (χ3n) is 4.09. The summed E-state index contributed by atoms with van der Waals surface area (Å²) < 4.78 is 0.717. The molecular weight excluding hydrogens is 416 g/mol. The van der Waals surface area contributed by atoms with Crippen molar-refractivity contribution in [3.05, 3.63) is 70.5 Å². The van der Waals surface area contributed by atoms with Gasteiger partial charge in [0.1, 0.15) is 14.3 Å². The molecule has 0 bridgehead atoms. The van der Waals surface area contributed by atoms with E-state index in [1.807, 2.05) is 49.4 Å². The highest BCUT2D eigenvalue weighted by Crippen LogP contribution is 2.34. The number of hydrogen-bond donors (Lipinski definition) is 0. The van der Waals surface area contributed by atoms with E-state index in [0.717, 1.165) is 32.7 Å². The number of thiazole rings is 1. The third kappa shape index (κ3) is 5.86. The normalized spacial score (nSPS) is 10.7. The maximum Gasteiger partial charge on any atom is 0.148 e. The van der Waals surface area contributed by atoms with Gasteiger partial charge in [-0.2, -0.15) is 5.26 Å². The van der Waals surface area contributed by atoms with E-state index in [0.29, 0.717) is 22.3 Å². The van der Waals surface area contributed by atoms with E-state index in [1.54, 1.807) is 17.5 Å². The van der Waals surface area contributed by atoms with Gasteiger partial charge in [-0.1, -0.05) is 44.3 Å². The summed E-state index contributed by atoms with van der Waals surface area (Å²) >= 11 is 8.98. The van der Waals surface area contributed by atoms with Gasteiger partial charge in [0.25, 0.3) is 0 Å². The summed E-state index contributed by atoms with van der Waals surface area (Å²) in [6.45, 7) is 7.01. The van der Waals surface area contributed by atoms with Gasteiger partial charge >= 0.3 is 0 Å². The number of benzene rings is 1. The molecule has 0 amide bonds. The zero-order valence-electron chi connectivity index (χ0n) is 16.6. The van der Waals surface area contributed by atoms with Gasteiger partial charge in [0, 0.05) is 12.6 Å². The van der Waals surface area contributed by atoms with Gasteiger partial charge in [0.15, 0.2) is 0 Å². The molecule has 7 heteroatoms. The summed E-state index contributed by atoms with van der Waals surface area (Å²) in [5.74, 6) is 0.545. The summed E-state index contributed by atoms with van der Waals surface area (Å²) in [6, 6.07) is 15.7. The van der Waals surface area contributed by atoms with Gasteiger partial charge < -0.3 is 4.90 Å². The maximum absolute atomic E-state index is 9.24. The average Bonchev–Trinajstić information content (AvgIpc) is 3.06. The van der Waals surface area contributed by atoms with Crippen molar-refractivity contribution in [2.45, 2.75) is 38.8 Å². The van der Waals surface area contributed by atoms with E-state index >= 15 is 0 Å². The average molecular weight is 439 g/mol. The SMILES string of the molecule is Cc1nc(CC(C)C)sc1N(Cc1cccc(C#N)c1)C(=S)Sc1ccccn1. The lowest BCUT2D eigenvalue weighted by atomic mass is 10.1. The van der Waals surface area contributed by atoms with Crippen molar-refractivity contribution >= 4 is 44.6 Å². The van der Waals surface area contributed by atoms with E-state index in [1.165, 1.54) is 11.8 Å². The lowest BCUT2D eigenvalue weighted by molar-refractivity contribution is 0.643. The number of thiocarbonyl (C=S) groups is 1. The molecule has 0 saturated heterocycles. The molecule has 0 unspecified atom stereocenters. The highest BCUT2D eigenvalue weighted by Gasteiger charge is 2.21. The first-order valence-corrected chi connectivity index (χ1v) is 11.4. The van der Waals surface area contributed by atoms with Crippen LogP contribution in [-0.2, 0) is 13.0 Å². The fraction of sp³-hybridized carbons (Fsp3) is 0.273. The molecule has 0 aliphatic carbocycles. The largest absolute Gasteiger partial charge is 0.313 e. The Kier molecular flexibility index (Phi) is 7.37. The number of hydrogen-bond acceptors (Lipinski definition) is 6. The number of pyridine rings is 1. The first kappa shape index (κ1) is 21.4. The second kappa shape index (κ2) is 9.97. The van der Waals surface area contributed by atoms with Crippen LogP contribution < -0.4 is 4.90 Å². The predicted molar refractivity (Wildman–Crippen MR) is 125 cm³/mol.